The van der Waals surface area contributed by atoms with E-state index in [0.29, 0.717) is 23.7 Å². The number of carbonyl (C=O) groups excluding carboxylic acids is 1. The first-order chi connectivity index (χ1) is 9.62. The summed E-state index contributed by atoms with van der Waals surface area (Å²) in [5.41, 5.74) is 6.50. The predicted octanol–water partition coefficient (Wildman–Crippen LogP) is 3.43. The van der Waals surface area contributed by atoms with Gasteiger partial charge in [-0.1, -0.05) is 37.8 Å². The van der Waals surface area contributed by atoms with E-state index in [1.54, 1.807) is 10.9 Å². The van der Waals surface area contributed by atoms with Crippen molar-refractivity contribution in [1.82, 2.24) is 9.78 Å². The number of carbonyl (C=O) groups is 1. The van der Waals surface area contributed by atoms with Crippen molar-refractivity contribution in [2.75, 3.05) is 6.54 Å². The summed E-state index contributed by atoms with van der Waals surface area (Å²) < 4.78 is 1.73. The molecule has 0 bridgehead atoms. The van der Waals surface area contributed by atoms with Crippen molar-refractivity contribution in [3.05, 3.63) is 16.9 Å². The molecule has 0 atom stereocenters. The zero-order chi connectivity index (χ0) is 14.6. The number of nitrogens with zero attached hydrogens (tertiary/aromatic N) is 2. The topological polar surface area (TPSA) is 60.9 Å². The summed E-state index contributed by atoms with van der Waals surface area (Å²) >= 11 is 6.15. The number of Topliss-reactive ketones (excluding diaryl/α,β-unsaturated/α-hetero) is 1. The van der Waals surface area contributed by atoms with Gasteiger partial charge in [0, 0.05) is 13.0 Å². The van der Waals surface area contributed by atoms with E-state index in [2.05, 4.69) is 12.0 Å². The van der Waals surface area contributed by atoms with Crippen molar-refractivity contribution < 1.29 is 4.79 Å². The fraction of sp³-hybridized carbons (Fsp3) is 0.733. The van der Waals surface area contributed by atoms with Gasteiger partial charge in [0.25, 0.3) is 0 Å². The summed E-state index contributed by atoms with van der Waals surface area (Å²) in [6.07, 6.45) is 8.70. The van der Waals surface area contributed by atoms with Crippen molar-refractivity contribution in [1.29, 1.82) is 0 Å². The van der Waals surface area contributed by atoms with Crippen LogP contribution in [-0.2, 0) is 6.54 Å². The van der Waals surface area contributed by atoms with E-state index in [1.807, 2.05) is 0 Å². The van der Waals surface area contributed by atoms with Crippen molar-refractivity contribution in [2.24, 2.45) is 11.1 Å². The molecule has 1 aliphatic rings. The second kappa shape index (κ2) is 6.72. The van der Waals surface area contributed by atoms with Crippen molar-refractivity contribution in [3.8, 4) is 0 Å². The lowest BCUT2D eigenvalue weighted by molar-refractivity contribution is 0.0857. The predicted molar refractivity (Wildman–Crippen MR) is 81.0 cm³/mol. The molecule has 0 unspecified atom stereocenters. The number of aromatic nitrogens is 2. The van der Waals surface area contributed by atoms with Gasteiger partial charge in [0.15, 0.2) is 5.78 Å². The van der Waals surface area contributed by atoms with Crippen molar-refractivity contribution >= 4 is 17.4 Å². The van der Waals surface area contributed by atoms with E-state index in [4.69, 9.17) is 17.3 Å². The maximum absolute atomic E-state index is 12.7. The highest BCUT2D eigenvalue weighted by atomic mass is 35.5. The van der Waals surface area contributed by atoms with Crippen LogP contribution in [0.25, 0.3) is 0 Å². The molecule has 1 aromatic heterocycles. The third-order valence-electron chi connectivity index (χ3n) is 4.38. The number of hydrogen-bond acceptors (Lipinski definition) is 3. The Balaban J connectivity index is 2.16. The van der Waals surface area contributed by atoms with Gasteiger partial charge in [0.2, 0.25) is 0 Å². The SMILES string of the molecule is CCCn1ncc(Cl)c1C(=O)CC1(CN)CCCCC1. The van der Waals surface area contributed by atoms with Crippen molar-refractivity contribution in [2.45, 2.75) is 58.4 Å². The number of halogens is 1. The minimum atomic E-state index is -0.0278. The first-order valence-corrected chi connectivity index (χ1v) is 7.94. The van der Waals surface area contributed by atoms with E-state index in [9.17, 15) is 4.79 Å². The second-order valence-electron chi connectivity index (χ2n) is 5.93. The van der Waals surface area contributed by atoms with Gasteiger partial charge in [0.05, 0.1) is 11.2 Å². The second-order valence-corrected chi connectivity index (χ2v) is 6.34. The molecular weight excluding hydrogens is 274 g/mol. The van der Waals surface area contributed by atoms with Gasteiger partial charge in [-0.15, -0.1) is 0 Å². The highest BCUT2D eigenvalue weighted by Crippen LogP contribution is 2.39. The Morgan fingerprint density at radius 3 is 2.75 bits per heavy atom. The molecule has 112 valence electrons. The monoisotopic (exact) mass is 297 g/mol. The number of ketones is 1. The number of rotatable bonds is 6. The van der Waals surface area contributed by atoms with Crippen LogP contribution in [0, 0.1) is 5.41 Å². The molecule has 1 aromatic rings. The number of hydrogen-bond donors (Lipinski definition) is 1. The molecule has 1 fully saturated rings. The van der Waals surface area contributed by atoms with Gasteiger partial charge in [-0.3, -0.25) is 9.48 Å². The van der Waals surface area contributed by atoms with Crippen LogP contribution in [0.1, 0.15) is 62.4 Å². The zero-order valence-electron chi connectivity index (χ0n) is 12.2. The summed E-state index contributed by atoms with van der Waals surface area (Å²) in [5.74, 6) is 0.0910. The van der Waals surface area contributed by atoms with Gasteiger partial charge < -0.3 is 5.73 Å². The maximum Gasteiger partial charge on any atom is 0.182 e. The minimum absolute atomic E-state index is 0.0278. The first-order valence-electron chi connectivity index (χ1n) is 7.56. The van der Waals surface area contributed by atoms with Crippen LogP contribution >= 0.6 is 11.6 Å². The Hall–Kier alpha value is -0.870. The Labute approximate surface area is 125 Å². The van der Waals surface area contributed by atoms with Gasteiger partial charge in [-0.05, 0) is 31.2 Å². The molecule has 2 rings (SSSR count). The smallest absolute Gasteiger partial charge is 0.182 e. The number of aryl methyl sites for hydroxylation is 1. The molecule has 1 heterocycles. The molecule has 20 heavy (non-hydrogen) atoms. The highest BCUT2D eigenvalue weighted by molar-refractivity contribution is 6.33. The van der Waals surface area contributed by atoms with Crippen LogP contribution in [0.15, 0.2) is 6.20 Å². The summed E-state index contributed by atoms with van der Waals surface area (Å²) in [6.45, 7) is 3.37. The lowest BCUT2D eigenvalue weighted by Crippen LogP contribution is -2.35. The lowest BCUT2D eigenvalue weighted by Gasteiger charge is -2.35. The van der Waals surface area contributed by atoms with E-state index >= 15 is 0 Å². The molecule has 1 aliphatic carbocycles. The molecule has 0 aliphatic heterocycles. The molecule has 0 radical (unpaired) electrons. The van der Waals surface area contributed by atoms with Crippen molar-refractivity contribution in [3.63, 3.8) is 0 Å². The molecule has 0 aromatic carbocycles. The van der Waals surface area contributed by atoms with Crippen LogP contribution in [0.3, 0.4) is 0 Å². The number of nitrogens with two attached hydrogens (primary N) is 1. The van der Waals surface area contributed by atoms with E-state index < -0.39 is 0 Å². The Morgan fingerprint density at radius 2 is 2.15 bits per heavy atom. The average molecular weight is 298 g/mol. The Bertz CT molecular complexity index is 464. The van der Waals surface area contributed by atoms with Crippen LogP contribution < -0.4 is 5.73 Å². The normalized spacial score (nSPS) is 18.1. The van der Waals surface area contributed by atoms with Gasteiger partial charge >= 0.3 is 0 Å². The fourth-order valence-corrected chi connectivity index (χ4v) is 3.45. The van der Waals surface area contributed by atoms with Crippen LogP contribution in [0.2, 0.25) is 5.02 Å². The Kier molecular flexibility index (Phi) is 5.22. The quantitative estimate of drug-likeness (QED) is 0.818. The third kappa shape index (κ3) is 3.23. The lowest BCUT2D eigenvalue weighted by atomic mass is 9.71. The van der Waals surface area contributed by atoms with Gasteiger partial charge in [-0.2, -0.15) is 5.10 Å². The molecule has 5 heteroatoms. The van der Waals surface area contributed by atoms with Crippen LogP contribution in [0.4, 0.5) is 0 Å². The average Bonchev–Trinajstić information content (AvgIpc) is 2.81. The molecule has 0 amide bonds. The summed E-state index contributed by atoms with van der Waals surface area (Å²) in [7, 11) is 0. The Morgan fingerprint density at radius 1 is 1.45 bits per heavy atom. The van der Waals surface area contributed by atoms with Gasteiger partial charge in [0.1, 0.15) is 5.69 Å². The van der Waals surface area contributed by atoms with E-state index in [0.717, 1.165) is 25.8 Å². The molecule has 0 spiro atoms. The van der Waals surface area contributed by atoms with Crippen LogP contribution in [0.5, 0.6) is 0 Å². The fourth-order valence-electron chi connectivity index (χ4n) is 3.20. The summed E-state index contributed by atoms with van der Waals surface area (Å²) in [4.78, 5) is 12.7. The summed E-state index contributed by atoms with van der Waals surface area (Å²) in [6, 6.07) is 0. The summed E-state index contributed by atoms with van der Waals surface area (Å²) in [5, 5.41) is 4.67. The maximum atomic E-state index is 12.7. The minimum Gasteiger partial charge on any atom is -0.330 e. The van der Waals surface area contributed by atoms with E-state index in [1.165, 1.54) is 19.3 Å². The molecule has 1 saturated carbocycles. The largest absolute Gasteiger partial charge is 0.330 e. The van der Waals surface area contributed by atoms with Crippen LogP contribution in [-0.4, -0.2) is 22.1 Å². The van der Waals surface area contributed by atoms with Gasteiger partial charge in [-0.25, -0.2) is 0 Å². The molecule has 2 N–H and O–H groups in total. The zero-order valence-corrected chi connectivity index (χ0v) is 13.0. The highest BCUT2D eigenvalue weighted by Gasteiger charge is 2.34. The standard InChI is InChI=1S/C15H24ClN3O/c1-2-8-19-14(12(16)10-18-19)13(20)9-15(11-17)6-4-3-5-7-15/h10H,2-9,11,17H2,1H3. The third-order valence-corrected chi connectivity index (χ3v) is 4.65. The first kappa shape index (κ1) is 15.5. The molecular formula is C15H24ClN3O. The molecule has 4 nitrogen and oxygen atoms in total. The van der Waals surface area contributed by atoms with E-state index in [-0.39, 0.29) is 11.2 Å². The molecule has 0 saturated heterocycles.